The quantitative estimate of drug-likeness (QED) is 0.331. The normalized spacial score (nSPS) is 23.5. The highest BCUT2D eigenvalue weighted by atomic mass is 35.5. The van der Waals surface area contributed by atoms with Gasteiger partial charge in [-0.05, 0) is 65.1 Å². The maximum atomic E-state index is 12.1. The molecular formula is C32H41Cl2N7O2. The first-order valence-electron chi connectivity index (χ1n) is 15.5. The number of ether oxygens (including phenoxy) is 1. The minimum Gasteiger partial charge on any atom is -0.378 e. The third-order valence-corrected chi connectivity index (χ3v) is 11.4. The molecule has 7 rings (SSSR count). The lowest BCUT2D eigenvalue weighted by molar-refractivity contribution is -0.149. The van der Waals surface area contributed by atoms with Crippen molar-refractivity contribution >= 4 is 45.8 Å². The number of likely N-dealkylation sites (tertiary alicyclic amines) is 1. The Morgan fingerprint density at radius 2 is 1.95 bits per heavy atom. The Kier molecular flexibility index (Phi) is 7.12. The number of rotatable bonds is 7. The zero-order valence-electron chi connectivity index (χ0n) is 25.5. The van der Waals surface area contributed by atoms with Gasteiger partial charge in [-0.15, -0.1) is 0 Å². The molecule has 5 heterocycles. The fourth-order valence-corrected chi connectivity index (χ4v) is 8.77. The lowest BCUT2D eigenvalue weighted by Gasteiger charge is -2.58. The molecule has 1 saturated carbocycles. The first-order valence-corrected chi connectivity index (χ1v) is 16.2. The molecule has 1 amide bonds. The molecule has 1 spiro atoms. The highest BCUT2D eigenvalue weighted by molar-refractivity contribution is 6.45. The maximum Gasteiger partial charge on any atom is 0.245 e. The van der Waals surface area contributed by atoms with Crippen LogP contribution in [0.4, 0.5) is 5.82 Å². The van der Waals surface area contributed by atoms with Gasteiger partial charge in [0, 0.05) is 58.8 Å². The number of fused-ring (bicyclic) bond motifs is 1. The minimum atomic E-state index is -0.137. The summed E-state index contributed by atoms with van der Waals surface area (Å²) in [5.41, 5.74) is 3.90. The average molecular weight is 627 g/mol. The van der Waals surface area contributed by atoms with Crippen LogP contribution in [0.5, 0.6) is 0 Å². The number of aromatic amines is 1. The number of aromatic nitrogens is 4. The van der Waals surface area contributed by atoms with E-state index in [0.717, 1.165) is 98.6 Å². The lowest BCUT2D eigenvalue weighted by atomic mass is 9.60. The molecule has 3 aliphatic heterocycles. The predicted octanol–water partition coefficient (Wildman–Crippen LogP) is 5.86. The van der Waals surface area contributed by atoms with E-state index in [9.17, 15) is 4.79 Å². The van der Waals surface area contributed by atoms with Crippen LogP contribution < -0.4 is 4.90 Å². The van der Waals surface area contributed by atoms with Crippen molar-refractivity contribution in [3.63, 3.8) is 0 Å². The number of carbonyl (C=O) groups is 1. The Balaban J connectivity index is 1.26. The summed E-state index contributed by atoms with van der Waals surface area (Å²) in [5.74, 6) is 0.978. The van der Waals surface area contributed by atoms with Crippen LogP contribution in [-0.2, 0) is 9.53 Å². The lowest BCUT2D eigenvalue weighted by Crippen LogP contribution is -2.63. The van der Waals surface area contributed by atoms with Crippen molar-refractivity contribution < 1.29 is 9.53 Å². The van der Waals surface area contributed by atoms with Gasteiger partial charge in [0.05, 0.1) is 47.1 Å². The van der Waals surface area contributed by atoms with Crippen LogP contribution in [0.25, 0.3) is 22.0 Å². The summed E-state index contributed by atoms with van der Waals surface area (Å²) in [5, 5.41) is 14.8. The van der Waals surface area contributed by atoms with Gasteiger partial charge in [-0.25, -0.2) is 0 Å². The standard InChI is InChI=1S/C32H41Cl2N7O2/c1-6-26(42)38-17-32(18-38)12-21(13-32)41-19(3)27(28-23-14-35-36-25(23)10-24(33)29(28)34)30(37-41)40-9-8-20(11-31(40,4)5)39(7-2)22-15-43-16-22/h6,10,14,20-22H,1,7-9,11-13,15-18H2,2-5H3,(H,35,36). The molecule has 3 aromatic rings. The van der Waals surface area contributed by atoms with E-state index in [1.807, 2.05) is 17.2 Å². The monoisotopic (exact) mass is 625 g/mol. The Bertz CT molecular complexity index is 1580. The van der Waals surface area contributed by atoms with E-state index >= 15 is 0 Å². The third-order valence-electron chi connectivity index (χ3n) is 10.6. The van der Waals surface area contributed by atoms with Crippen molar-refractivity contribution in [2.45, 2.75) is 77.0 Å². The van der Waals surface area contributed by atoms with Crippen LogP contribution in [0.2, 0.25) is 10.0 Å². The maximum absolute atomic E-state index is 12.1. The zero-order chi connectivity index (χ0) is 30.3. The van der Waals surface area contributed by atoms with Crippen LogP contribution in [-0.4, -0.2) is 92.7 Å². The van der Waals surface area contributed by atoms with Gasteiger partial charge in [-0.3, -0.25) is 19.5 Å². The highest BCUT2D eigenvalue weighted by Gasteiger charge is 2.55. The molecule has 4 fully saturated rings. The Hall–Kier alpha value is -2.59. The second-order valence-corrected chi connectivity index (χ2v) is 14.5. The number of amides is 1. The molecule has 4 aliphatic rings. The number of hydrogen-bond donors (Lipinski definition) is 1. The SMILES string of the molecule is C=CC(=O)N1CC2(CC(n3nc(N4CCC(N(CC)C5COC5)CC4(C)C)c(-c4c(Cl)c(Cl)cc5[nH]ncc45)c3C)C2)C1. The zero-order valence-corrected chi connectivity index (χ0v) is 27.0. The summed E-state index contributed by atoms with van der Waals surface area (Å²) in [6, 6.07) is 3.13. The van der Waals surface area contributed by atoms with E-state index in [1.165, 1.54) is 6.08 Å². The number of H-pyrrole nitrogens is 1. The van der Waals surface area contributed by atoms with Gasteiger partial charge in [0.1, 0.15) is 0 Å². The number of piperidine rings is 1. The Morgan fingerprint density at radius 3 is 2.58 bits per heavy atom. The second kappa shape index (κ2) is 10.5. The number of nitrogens with zero attached hydrogens (tertiary/aromatic N) is 6. The Morgan fingerprint density at radius 1 is 1.21 bits per heavy atom. The van der Waals surface area contributed by atoms with Crippen LogP contribution in [0.15, 0.2) is 24.9 Å². The van der Waals surface area contributed by atoms with Crippen molar-refractivity contribution in [2.75, 3.05) is 44.3 Å². The Labute approximate surface area is 263 Å². The summed E-state index contributed by atoms with van der Waals surface area (Å²) in [7, 11) is 0. The predicted molar refractivity (Wildman–Crippen MR) is 171 cm³/mol. The number of carbonyl (C=O) groups excluding carboxylic acids is 1. The van der Waals surface area contributed by atoms with Crippen molar-refractivity contribution in [3.8, 4) is 11.1 Å². The molecular weight excluding hydrogens is 585 g/mol. The van der Waals surface area contributed by atoms with Crippen LogP contribution in [0, 0.1) is 12.3 Å². The van der Waals surface area contributed by atoms with Gasteiger partial charge in [-0.2, -0.15) is 10.2 Å². The molecule has 1 aliphatic carbocycles. The highest BCUT2D eigenvalue weighted by Crippen LogP contribution is 2.56. The van der Waals surface area contributed by atoms with E-state index in [2.05, 4.69) is 59.0 Å². The topological polar surface area (TPSA) is 82.5 Å². The number of nitrogens with one attached hydrogen (secondary N) is 1. The van der Waals surface area contributed by atoms with Crippen LogP contribution in [0.3, 0.4) is 0 Å². The molecule has 9 nitrogen and oxygen atoms in total. The largest absolute Gasteiger partial charge is 0.378 e. The smallest absolute Gasteiger partial charge is 0.245 e. The number of hydrogen-bond acceptors (Lipinski definition) is 6. The van der Waals surface area contributed by atoms with Crippen molar-refractivity contribution in [1.82, 2.24) is 29.8 Å². The molecule has 1 atom stereocenters. The van der Waals surface area contributed by atoms with Crippen molar-refractivity contribution in [2.24, 2.45) is 5.41 Å². The number of benzene rings is 1. The minimum absolute atomic E-state index is 0.0192. The van der Waals surface area contributed by atoms with Gasteiger partial charge in [0.15, 0.2) is 5.82 Å². The van der Waals surface area contributed by atoms with E-state index in [4.69, 9.17) is 33.0 Å². The van der Waals surface area contributed by atoms with Gasteiger partial charge >= 0.3 is 0 Å². The van der Waals surface area contributed by atoms with Crippen LogP contribution in [0.1, 0.15) is 58.2 Å². The molecule has 1 aromatic carbocycles. The molecule has 2 aromatic heterocycles. The fraction of sp³-hybridized carbons (Fsp3) is 0.594. The summed E-state index contributed by atoms with van der Waals surface area (Å²) in [6.07, 6.45) is 7.34. The number of halogens is 2. The van der Waals surface area contributed by atoms with E-state index in [1.54, 1.807) is 0 Å². The molecule has 43 heavy (non-hydrogen) atoms. The molecule has 0 bridgehead atoms. The number of anilines is 1. The molecule has 1 N–H and O–H groups in total. The molecule has 11 heteroatoms. The van der Waals surface area contributed by atoms with E-state index in [-0.39, 0.29) is 22.9 Å². The van der Waals surface area contributed by atoms with Gasteiger partial charge in [0.2, 0.25) is 5.91 Å². The summed E-state index contributed by atoms with van der Waals surface area (Å²) in [6.45, 7) is 17.9. The van der Waals surface area contributed by atoms with Crippen molar-refractivity contribution in [3.05, 3.63) is 40.7 Å². The van der Waals surface area contributed by atoms with Crippen molar-refractivity contribution in [1.29, 1.82) is 0 Å². The molecule has 230 valence electrons. The second-order valence-electron chi connectivity index (χ2n) is 13.7. The van der Waals surface area contributed by atoms with E-state index < -0.39 is 0 Å². The van der Waals surface area contributed by atoms with Gasteiger partial charge < -0.3 is 14.5 Å². The van der Waals surface area contributed by atoms with Gasteiger partial charge in [0.25, 0.3) is 0 Å². The number of likely N-dealkylation sites (N-methyl/N-ethyl adjacent to an activating group) is 1. The first-order chi connectivity index (χ1) is 20.6. The average Bonchev–Trinajstić information content (AvgIpc) is 3.48. The summed E-state index contributed by atoms with van der Waals surface area (Å²) < 4.78 is 7.78. The fourth-order valence-electron chi connectivity index (χ4n) is 8.31. The third kappa shape index (κ3) is 4.61. The summed E-state index contributed by atoms with van der Waals surface area (Å²) >= 11 is 13.8. The molecule has 3 saturated heterocycles. The van der Waals surface area contributed by atoms with E-state index in [0.29, 0.717) is 22.1 Å². The molecule has 1 unspecified atom stereocenters. The first kappa shape index (κ1) is 29.1. The summed E-state index contributed by atoms with van der Waals surface area (Å²) in [4.78, 5) is 19.1. The van der Waals surface area contributed by atoms with Gasteiger partial charge in [-0.1, -0.05) is 36.7 Å². The molecule has 0 radical (unpaired) electrons. The van der Waals surface area contributed by atoms with Crippen LogP contribution >= 0.6 is 23.2 Å².